The number of halogens is 3. The fourth-order valence-electron chi connectivity index (χ4n) is 1.07. The van der Waals surface area contributed by atoms with E-state index in [1.807, 2.05) is 5.32 Å². The number of carbonyl (C=O) groups excluding carboxylic acids is 1. The molecule has 7 heteroatoms. The second kappa shape index (κ2) is 5.72. The molecular weight excluding hydrogens is 251 g/mol. The molecule has 0 aliphatic heterocycles. The maximum Gasteiger partial charge on any atom is 0.416 e. The lowest BCUT2D eigenvalue weighted by Gasteiger charge is -2.14. The zero-order valence-corrected chi connectivity index (χ0v) is 9.49. The minimum absolute atomic E-state index is 0.416. The Morgan fingerprint density at radius 1 is 1.56 bits per heavy atom. The smallest absolute Gasteiger partial charge is 0.416 e. The van der Waals surface area contributed by atoms with Gasteiger partial charge in [-0.2, -0.15) is 13.2 Å². The predicted octanol–water partition coefficient (Wildman–Crippen LogP) is 1.64. The van der Waals surface area contributed by atoms with Crippen molar-refractivity contribution in [3.8, 4) is 0 Å². The predicted molar refractivity (Wildman–Crippen MR) is 57.6 cm³/mol. The average molecular weight is 263 g/mol. The van der Waals surface area contributed by atoms with Gasteiger partial charge in [0.05, 0.1) is 6.54 Å². The summed E-state index contributed by atoms with van der Waals surface area (Å²) in [6.07, 6.45) is -4.96. The van der Waals surface area contributed by atoms with Crippen LogP contribution in [0.1, 0.15) is 11.5 Å². The third-order valence-corrected chi connectivity index (χ3v) is 2.01. The van der Waals surface area contributed by atoms with Crippen LogP contribution in [0.15, 0.2) is 22.6 Å². The van der Waals surface area contributed by atoms with Crippen molar-refractivity contribution in [2.45, 2.75) is 19.2 Å². The van der Waals surface area contributed by atoms with E-state index in [9.17, 15) is 18.0 Å². The molecule has 100 valence electrons. The van der Waals surface area contributed by atoms with Gasteiger partial charge < -0.3 is 14.8 Å². The lowest BCUT2D eigenvalue weighted by atomic mass is 10.3. The van der Waals surface area contributed by atoms with Crippen LogP contribution >= 0.6 is 0 Å². The summed E-state index contributed by atoms with van der Waals surface area (Å²) in [7, 11) is 0. The number of carbonyl (C=O) groups is 1. The molecule has 0 saturated carbocycles. The van der Waals surface area contributed by atoms with Crippen molar-refractivity contribution >= 4 is 12.0 Å². The lowest BCUT2D eigenvalue weighted by Crippen LogP contribution is -2.40. The number of nitrogens with one attached hydrogen (secondary N) is 1. The monoisotopic (exact) mass is 263 g/mol. The largest absolute Gasteiger partial charge is 0.462 e. The van der Waals surface area contributed by atoms with E-state index >= 15 is 0 Å². The third kappa shape index (κ3) is 4.62. The molecule has 0 spiro atoms. The number of furan rings is 1. The molecule has 0 saturated heterocycles. The Bertz CT molecular complexity index is 437. The van der Waals surface area contributed by atoms with Gasteiger partial charge in [-0.3, -0.25) is 4.79 Å². The zero-order chi connectivity index (χ0) is 13.8. The molecule has 0 bridgehead atoms. The summed E-state index contributed by atoms with van der Waals surface area (Å²) in [5, 5.41) is 10.6. The second-order valence-corrected chi connectivity index (χ2v) is 3.58. The number of aliphatic hydroxyl groups is 1. The first-order chi connectivity index (χ1) is 8.29. The van der Waals surface area contributed by atoms with Crippen LogP contribution in [-0.4, -0.2) is 29.8 Å². The van der Waals surface area contributed by atoms with Gasteiger partial charge in [0.15, 0.2) is 6.10 Å². The molecule has 1 aromatic heterocycles. The highest BCUT2D eigenvalue weighted by Gasteiger charge is 2.37. The van der Waals surface area contributed by atoms with Crippen molar-refractivity contribution in [1.82, 2.24) is 5.32 Å². The van der Waals surface area contributed by atoms with Crippen molar-refractivity contribution in [3.05, 3.63) is 29.7 Å². The Morgan fingerprint density at radius 3 is 2.72 bits per heavy atom. The number of aryl methyl sites for hydroxylation is 1. The summed E-state index contributed by atoms with van der Waals surface area (Å²) in [5.74, 6) is 0.328. The van der Waals surface area contributed by atoms with Crippen LogP contribution in [0.3, 0.4) is 0 Å². The minimum atomic E-state index is -4.74. The van der Waals surface area contributed by atoms with Crippen molar-refractivity contribution in [3.63, 3.8) is 0 Å². The van der Waals surface area contributed by atoms with Gasteiger partial charge in [-0.05, 0) is 25.1 Å². The third-order valence-electron chi connectivity index (χ3n) is 2.01. The van der Waals surface area contributed by atoms with E-state index < -0.39 is 24.7 Å². The van der Waals surface area contributed by atoms with Crippen LogP contribution in [0.2, 0.25) is 0 Å². The van der Waals surface area contributed by atoms with Crippen LogP contribution < -0.4 is 5.32 Å². The Hall–Kier alpha value is -1.76. The molecule has 1 heterocycles. The maximum atomic E-state index is 11.9. The van der Waals surface area contributed by atoms with E-state index in [2.05, 4.69) is 0 Å². The molecule has 1 aromatic rings. The first kappa shape index (κ1) is 14.3. The van der Waals surface area contributed by atoms with Gasteiger partial charge in [0.25, 0.3) is 0 Å². The van der Waals surface area contributed by atoms with E-state index in [-0.39, 0.29) is 0 Å². The van der Waals surface area contributed by atoms with E-state index in [4.69, 9.17) is 9.52 Å². The molecule has 0 aromatic carbocycles. The number of hydrogen-bond acceptors (Lipinski definition) is 3. The SMILES string of the molecule is Cc1ccc(/C=C/C(=O)NCC(O)C(F)(F)F)o1. The van der Waals surface area contributed by atoms with Gasteiger partial charge >= 0.3 is 6.18 Å². The highest BCUT2D eigenvalue weighted by molar-refractivity contribution is 5.91. The summed E-state index contributed by atoms with van der Waals surface area (Å²) >= 11 is 0. The summed E-state index contributed by atoms with van der Waals surface area (Å²) in [5.41, 5.74) is 0. The Labute approximate surface area is 101 Å². The van der Waals surface area contributed by atoms with E-state index in [0.717, 1.165) is 6.08 Å². The topological polar surface area (TPSA) is 62.5 Å². The summed E-state index contributed by atoms with van der Waals surface area (Å²) in [6.45, 7) is 0.834. The second-order valence-electron chi connectivity index (χ2n) is 3.58. The molecule has 1 unspecified atom stereocenters. The Kier molecular flexibility index (Phi) is 4.55. The number of aliphatic hydroxyl groups excluding tert-OH is 1. The molecule has 18 heavy (non-hydrogen) atoms. The summed E-state index contributed by atoms with van der Waals surface area (Å²) < 4.78 is 40.9. The highest BCUT2D eigenvalue weighted by Crippen LogP contribution is 2.19. The standard InChI is InChI=1S/C11H12F3NO3/c1-7-2-3-8(18-7)4-5-10(17)15-6-9(16)11(12,13)14/h2-5,9,16H,6H2,1H3,(H,15,17)/b5-4+. The first-order valence-corrected chi connectivity index (χ1v) is 5.06. The summed E-state index contributed by atoms with van der Waals surface area (Å²) in [4.78, 5) is 11.1. The van der Waals surface area contributed by atoms with Gasteiger partial charge in [-0.1, -0.05) is 0 Å². The lowest BCUT2D eigenvalue weighted by molar-refractivity contribution is -0.201. The average Bonchev–Trinajstić information content (AvgIpc) is 2.67. The van der Waals surface area contributed by atoms with E-state index in [1.54, 1.807) is 19.1 Å². The molecule has 0 radical (unpaired) electrons. The number of rotatable bonds is 4. The van der Waals surface area contributed by atoms with Crippen LogP contribution in [0, 0.1) is 6.92 Å². The van der Waals surface area contributed by atoms with E-state index in [0.29, 0.717) is 11.5 Å². The van der Waals surface area contributed by atoms with Crippen LogP contribution in [-0.2, 0) is 4.79 Å². The van der Waals surface area contributed by atoms with Crippen molar-refractivity contribution in [2.24, 2.45) is 0 Å². The molecule has 4 nitrogen and oxygen atoms in total. The van der Waals surface area contributed by atoms with Crippen molar-refractivity contribution < 1.29 is 27.5 Å². The Morgan fingerprint density at radius 2 is 2.22 bits per heavy atom. The van der Waals surface area contributed by atoms with Crippen molar-refractivity contribution in [1.29, 1.82) is 0 Å². The van der Waals surface area contributed by atoms with Gasteiger partial charge in [-0.15, -0.1) is 0 Å². The molecule has 2 N–H and O–H groups in total. The molecule has 1 rings (SSSR count). The zero-order valence-electron chi connectivity index (χ0n) is 9.49. The van der Waals surface area contributed by atoms with Gasteiger partial charge in [0.2, 0.25) is 5.91 Å². The Balaban J connectivity index is 2.41. The normalized spacial score (nSPS) is 13.8. The van der Waals surface area contributed by atoms with E-state index in [1.165, 1.54) is 6.08 Å². The highest BCUT2D eigenvalue weighted by atomic mass is 19.4. The molecule has 1 atom stereocenters. The fourth-order valence-corrected chi connectivity index (χ4v) is 1.07. The molecule has 0 fully saturated rings. The van der Waals surface area contributed by atoms with Crippen molar-refractivity contribution in [2.75, 3.05) is 6.54 Å². The minimum Gasteiger partial charge on any atom is -0.462 e. The van der Waals surface area contributed by atoms with Gasteiger partial charge in [0.1, 0.15) is 11.5 Å². The molecule has 0 aliphatic rings. The number of alkyl halides is 3. The van der Waals surface area contributed by atoms with Gasteiger partial charge in [0, 0.05) is 6.08 Å². The molecular formula is C11H12F3NO3. The fraction of sp³-hybridized carbons (Fsp3) is 0.364. The van der Waals surface area contributed by atoms with Crippen LogP contribution in [0.5, 0.6) is 0 Å². The first-order valence-electron chi connectivity index (χ1n) is 5.06. The summed E-state index contributed by atoms with van der Waals surface area (Å²) in [6, 6.07) is 3.30. The number of hydrogen-bond donors (Lipinski definition) is 2. The van der Waals surface area contributed by atoms with Crippen LogP contribution in [0.25, 0.3) is 6.08 Å². The quantitative estimate of drug-likeness (QED) is 0.812. The number of amides is 1. The van der Waals surface area contributed by atoms with Gasteiger partial charge in [-0.25, -0.2) is 0 Å². The molecule has 0 aliphatic carbocycles. The van der Waals surface area contributed by atoms with Crippen LogP contribution in [0.4, 0.5) is 13.2 Å². The maximum absolute atomic E-state index is 11.9. The molecule has 1 amide bonds.